The van der Waals surface area contributed by atoms with Gasteiger partial charge in [0, 0.05) is 17.3 Å². The summed E-state index contributed by atoms with van der Waals surface area (Å²) in [5, 5.41) is 18.5. The zero-order valence-corrected chi connectivity index (χ0v) is 9.04. The maximum absolute atomic E-state index is 9.24. The number of hydrogen-bond donors (Lipinski definition) is 4. The molecule has 4 nitrogen and oxygen atoms in total. The minimum absolute atomic E-state index is 0.113. The summed E-state index contributed by atoms with van der Waals surface area (Å²) in [5.41, 5.74) is 11.6. The molecule has 0 amide bonds. The van der Waals surface area contributed by atoms with E-state index in [9.17, 15) is 5.11 Å². The Bertz CT molecular complexity index is 346. The van der Waals surface area contributed by atoms with Crippen molar-refractivity contribution in [2.75, 3.05) is 18.9 Å². The van der Waals surface area contributed by atoms with Crippen molar-refractivity contribution in [1.82, 2.24) is 0 Å². The van der Waals surface area contributed by atoms with Gasteiger partial charge in [-0.15, -0.1) is 0 Å². The first kappa shape index (κ1) is 12.3. The number of aliphatic hydroxyl groups excluding tert-OH is 2. The highest BCUT2D eigenvalue weighted by Crippen LogP contribution is 2.29. The standard InChI is InChI=1S/C10H15ClN2O2/c11-9-5-7(12)1-2-8(9)10(13,6-15)3-4-14/h1-2,5,14-15H,3-4,6,12-13H2. The van der Waals surface area contributed by atoms with Crippen LogP contribution in [0, 0.1) is 0 Å². The van der Waals surface area contributed by atoms with Gasteiger partial charge >= 0.3 is 0 Å². The first-order chi connectivity index (χ1) is 7.03. The van der Waals surface area contributed by atoms with Crippen LogP contribution in [0.1, 0.15) is 12.0 Å². The molecule has 0 saturated heterocycles. The third-order valence-corrected chi connectivity index (χ3v) is 2.68. The molecule has 0 bridgehead atoms. The monoisotopic (exact) mass is 230 g/mol. The van der Waals surface area contributed by atoms with Crippen LogP contribution in [-0.2, 0) is 5.54 Å². The summed E-state index contributed by atoms with van der Waals surface area (Å²) in [6.45, 7) is -0.394. The molecule has 6 N–H and O–H groups in total. The van der Waals surface area contributed by atoms with Gasteiger partial charge in [-0.3, -0.25) is 0 Å². The summed E-state index contributed by atoms with van der Waals surface area (Å²) in [6, 6.07) is 4.91. The number of halogens is 1. The smallest absolute Gasteiger partial charge is 0.0680 e. The highest BCUT2D eigenvalue weighted by molar-refractivity contribution is 6.31. The molecule has 0 aliphatic carbocycles. The molecule has 1 aromatic carbocycles. The molecule has 0 aliphatic rings. The molecular formula is C10H15ClN2O2. The molecule has 0 spiro atoms. The fraction of sp³-hybridized carbons (Fsp3) is 0.400. The molecule has 0 heterocycles. The van der Waals surface area contributed by atoms with Crippen LogP contribution >= 0.6 is 11.6 Å². The lowest BCUT2D eigenvalue weighted by molar-refractivity contribution is 0.156. The van der Waals surface area contributed by atoms with Gasteiger partial charge in [-0.1, -0.05) is 17.7 Å². The number of nitrogen functional groups attached to an aromatic ring is 1. The van der Waals surface area contributed by atoms with Crippen LogP contribution in [0.15, 0.2) is 18.2 Å². The van der Waals surface area contributed by atoms with Gasteiger partial charge in [-0.05, 0) is 24.1 Å². The van der Waals surface area contributed by atoms with E-state index >= 15 is 0 Å². The molecular weight excluding hydrogens is 216 g/mol. The second kappa shape index (κ2) is 4.81. The molecule has 5 heteroatoms. The van der Waals surface area contributed by atoms with Gasteiger partial charge in [0.15, 0.2) is 0 Å². The number of benzene rings is 1. The minimum atomic E-state index is -1.01. The third-order valence-electron chi connectivity index (χ3n) is 2.37. The molecule has 1 atom stereocenters. The van der Waals surface area contributed by atoms with E-state index in [4.69, 9.17) is 28.2 Å². The Morgan fingerprint density at radius 1 is 1.33 bits per heavy atom. The van der Waals surface area contributed by atoms with Gasteiger partial charge in [-0.25, -0.2) is 0 Å². The largest absolute Gasteiger partial charge is 0.399 e. The molecule has 0 radical (unpaired) electrons. The second-order valence-electron chi connectivity index (χ2n) is 3.53. The number of aliphatic hydroxyl groups is 2. The van der Waals surface area contributed by atoms with Gasteiger partial charge in [0.1, 0.15) is 0 Å². The SMILES string of the molecule is Nc1ccc(C(N)(CO)CCO)c(Cl)c1. The Balaban J connectivity index is 3.12. The van der Waals surface area contributed by atoms with Crippen LogP contribution in [-0.4, -0.2) is 23.4 Å². The normalized spacial score (nSPS) is 14.9. The number of hydrogen-bond acceptors (Lipinski definition) is 4. The maximum Gasteiger partial charge on any atom is 0.0680 e. The average Bonchev–Trinajstić information content (AvgIpc) is 2.17. The van der Waals surface area contributed by atoms with Crippen LogP contribution in [0.3, 0.4) is 0 Å². The van der Waals surface area contributed by atoms with Crippen molar-refractivity contribution in [3.8, 4) is 0 Å². The summed E-state index contributed by atoms with van der Waals surface area (Å²) >= 11 is 5.98. The van der Waals surface area contributed by atoms with Crippen LogP contribution in [0.25, 0.3) is 0 Å². The van der Waals surface area contributed by atoms with Crippen molar-refractivity contribution in [2.45, 2.75) is 12.0 Å². The zero-order chi connectivity index (χ0) is 11.5. The Hall–Kier alpha value is -0.810. The van der Waals surface area contributed by atoms with Gasteiger partial charge in [0.25, 0.3) is 0 Å². The van der Waals surface area contributed by atoms with E-state index in [0.29, 0.717) is 16.3 Å². The van der Waals surface area contributed by atoms with E-state index in [0.717, 1.165) is 0 Å². The van der Waals surface area contributed by atoms with Gasteiger partial charge in [0.2, 0.25) is 0 Å². The molecule has 15 heavy (non-hydrogen) atoms. The van der Waals surface area contributed by atoms with Crippen LogP contribution in [0.2, 0.25) is 5.02 Å². The van der Waals surface area contributed by atoms with Crippen molar-refractivity contribution >= 4 is 17.3 Å². The van der Waals surface area contributed by atoms with Gasteiger partial charge in [0.05, 0.1) is 12.1 Å². The Kier molecular flexibility index (Phi) is 3.93. The van der Waals surface area contributed by atoms with E-state index in [1.54, 1.807) is 18.2 Å². The summed E-state index contributed by atoms with van der Waals surface area (Å²) < 4.78 is 0. The molecule has 0 fully saturated rings. The third kappa shape index (κ3) is 2.60. The fourth-order valence-corrected chi connectivity index (χ4v) is 1.81. The van der Waals surface area contributed by atoms with Crippen molar-refractivity contribution in [1.29, 1.82) is 0 Å². The van der Waals surface area contributed by atoms with Crippen molar-refractivity contribution in [2.24, 2.45) is 5.73 Å². The lowest BCUT2D eigenvalue weighted by Gasteiger charge is -2.28. The molecule has 0 saturated carbocycles. The highest BCUT2D eigenvalue weighted by Gasteiger charge is 2.28. The van der Waals surface area contributed by atoms with E-state index in [1.807, 2.05) is 0 Å². The van der Waals surface area contributed by atoms with E-state index in [2.05, 4.69) is 0 Å². The predicted octanol–water partition coefficient (Wildman–Crippen LogP) is 0.451. The molecule has 1 aromatic rings. The van der Waals surface area contributed by atoms with E-state index < -0.39 is 5.54 Å². The van der Waals surface area contributed by atoms with Crippen LogP contribution in [0.4, 0.5) is 5.69 Å². The van der Waals surface area contributed by atoms with Crippen molar-refractivity contribution in [3.63, 3.8) is 0 Å². The Morgan fingerprint density at radius 3 is 2.47 bits per heavy atom. The summed E-state index contributed by atoms with van der Waals surface area (Å²) in [4.78, 5) is 0. The lowest BCUT2D eigenvalue weighted by Crippen LogP contribution is -2.41. The molecule has 0 aliphatic heterocycles. The second-order valence-corrected chi connectivity index (χ2v) is 3.93. The lowest BCUT2D eigenvalue weighted by atomic mass is 9.88. The Morgan fingerprint density at radius 2 is 2.00 bits per heavy atom. The number of rotatable bonds is 4. The number of nitrogens with two attached hydrogens (primary N) is 2. The van der Waals surface area contributed by atoms with Gasteiger partial charge < -0.3 is 21.7 Å². The van der Waals surface area contributed by atoms with Crippen LogP contribution < -0.4 is 11.5 Å². The Labute approximate surface area is 93.5 Å². The molecule has 84 valence electrons. The van der Waals surface area contributed by atoms with Crippen molar-refractivity contribution in [3.05, 3.63) is 28.8 Å². The highest BCUT2D eigenvalue weighted by atomic mass is 35.5. The number of anilines is 1. The quantitative estimate of drug-likeness (QED) is 0.565. The molecule has 1 unspecified atom stereocenters. The van der Waals surface area contributed by atoms with Gasteiger partial charge in [-0.2, -0.15) is 0 Å². The zero-order valence-electron chi connectivity index (χ0n) is 8.28. The van der Waals surface area contributed by atoms with Crippen LogP contribution in [0.5, 0.6) is 0 Å². The molecule has 0 aromatic heterocycles. The summed E-state index contributed by atoms with van der Waals surface area (Å²) in [5.74, 6) is 0. The van der Waals surface area contributed by atoms with E-state index in [1.165, 1.54) is 0 Å². The predicted molar refractivity (Wildman–Crippen MR) is 60.5 cm³/mol. The topological polar surface area (TPSA) is 92.5 Å². The summed E-state index contributed by atoms with van der Waals surface area (Å²) in [7, 11) is 0. The maximum atomic E-state index is 9.24. The molecule has 1 rings (SSSR count). The first-order valence-corrected chi connectivity index (χ1v) is 4.97. The minimum Gasteiger partial charge on any atom is -0.399 e. The first-order valence-electron chi connectivity index (χ1n) is 4.59. The summed E-state index contributed by atoms with van der Waals surface area (Å²) in [6.07, 6.45) is 0.243. The average molecular weight is 231 g/mol. The fourth-order valence-electron chi connectivity index (χ4n) is 1.43. The van der Waals surface area contributed by atoms with Crippen molar-refractivity contribution < 1.29 is 10.2 Å². The van der Waals surface area contributed by atoms with E-state index in [-0.39, 0.29) is 19.6 Å².